The van der Waals surface area contributed by atoms with Crippen LogP contribution in [0.2, 0.25) is 0 Å². The number of hydrogen-bond donors (Lipinski definition) is 1. The van der Waals surface area contributed by atoms with Crippen LogP contribution in [0.1, 0.15) is 6.92 Å². The van der Waals surface area contributed by atoms with E-state index in [1.165, 1.54) is 4.90 Å². The molecule has 2 amide bonds. The van der Waals surface area contributed by atoms with Gasteiger partial charge in [0.15, 0.2) is 0 Å². The van der Waals surface area contributed by atoms with Crippen LogP contribution in [0.5, 0.6) is 0 Å². The molecule has 0 saturated carbocycles. The molecule has 182 valence electrons. The molecule has 6 atom stereocenters. The topological polar surface area (TPSA) is 127 Å². The van der Waals surface area contributed by atoms with E-state index < -0.39 is 47.5 Å². The fourth-order valence-electron chi connectivity index (χ4n) is 5.83. The summed E-state index contributed by atoms with van der Waals surface area (Å²) in [6.07, 6.45) is 6.28. The summed E-state index contributed by atoms with van der Waals surface area (Å²) in [5, 5.41) is 18.3. The van der Waals surface area contributed by atoms with Crippen LogP contribution < -0.4 is 0 Å². The molecule has 11 heteroatoms. The van der Waals surface area contributed by atoms with Crippen LogP contribution in [-0.4, -0.2) is 91.2 Å². The second-order valence-corrected chi connectivity index (χ2v) is 9.36. The van der Waals surface area contributed by atoms with Crippen molar-refractivity contribution in [3.63, 3.8) is 0 Å². The Hall–Kier alpha value is -3.57. The Morgan fingerprint density at radius 2 is 2.03 bits per heavy atom. The molecule has 1 spiro atoms. The number of esters is 1. The van der Waals surface area contributed by atoms with Crippen molar-refractivity contribution in [3.05, 3.63) is 48.6 Å². The Morgan fingerprint density at radius 1 is 1.20 bits per heavy atom. The van der Waals surface area contributed by atoms with Gasteiger partial charge in [-0.05, 0) is 25.1 Å². The highest BCUT2D eigenvalue weighted by molar-refractivity contribution is 5.99. The minimum absolute atomic E-state index is 0.109. The van der Waals surface area contributed by atoms with Crippen molar-refractivity contribution in [2.45, 2.75) is 37.4 Å². The molecule has 4 aliphatic heterocycles. The lowest BCUT2D eigenvalue weighted by Gasteiger charge is -2.37. The number of likely N-dealkylation sites (tertiary alicyclic amines) is 1. The van der Waals surface area contributed by atoms with E-state index in [1.807, 2.05) is 24.3 Å². The lowest BCUT2D eigenvalue weighted by atomic mass is 9.78. The fraction of sp³-hybridized carbons (Fsp3) is 0.458. The number of aliphatic hydroxyl groups is 1. The van der Waals surface area contributed by atoms with Crippen molar-refractivity contribution in [1.29, 1.82) is 0 Å². The van der Waals surface area contributed by atoms with Crippen molar-refractivity contribution >= 4 is 28.8 Å². The predicted octanol–water partition coefficient (Wildman–Crippen LogP) is -0.138. The number of rotatable bonds is 4. The third-order valence-corrected chi connectivity index (χ3v) is 7.40. The predicted molar refractivity (Wildman–Crippen MR) is 120 cm³/mol. The Labute approximate surface area is 200 Å². The van der Waals surface area contributed by atoms with Crippen LogP contribution in [0.25, 0.3) is 11.0 Å². The van der Waals surface area contributed by atoms with Gasteiger partial charge in [0.25, 0.3) is 5.91 Å². The second-order valence-electron chi connectivity index (χ2n) is 9.36. The van der Waals surface area contributed by atoms with Gasteiger partial charge in [0.1, 0.15) is 36.4 Å². The summed E-state index contributed by atoms with van der Waals surface area (Å²) in [5.74, 6) is -3.08. The van der Waals surface area contributed by atoms with Gasteiger partial charge >= 0.3 is 5.97 Å². The molecule has 4 aliphatic rings. The summed E-state index contributed by atoms with van der Waals surface area (Å²) < 4.78 is 13.4. The molecule has 35 heavy (non-hydrogen) atoms. The summed E-state index contributed by atoms with van der Waals surface area (Å²) in [6.45, 7) is 1.82. The zero-order valence-electron chi connectivity index (χ0n) is 19.1. The lowest BCUT2D eigenvalue weighted by molar-refractivity contribution is -0.155. The maximum Gasteiger partial charge on any atom is 0.313 e. The molecule has 2 aromatic rings. The summed E-state index contributed by atoms with van der Waals surface area (Å²) in [5.41, 5.74) is 0.127. The SMILES string of the molecule is C[C@H](CO)N1C(=O)[C@@H]2[C@@H]3C(=O)OCC=C[C@@H]3O[C@@]23C=CCN(Cn2nnc4ccccc42)C(=O)C13. The molecule has 6 rings (SSSR count). The van der Waals surface area contributed by atoms with Crippen molar-refractivity contribution < 1.29 is 29.0 Å². The molecule has 1 aromatic carbocycles. The standard InChI is InChI=1S/C24H25N5O6/c1-14(12-30)29-20-22(32)27(13-28-16-7-3-2-6-15(16)25-26-28)10-5-9-24(20)19(21(29)31)18-17(35-24)8-4-11-34-23(18)33/h2-9,14,17-20,30H,10-13H2,1H3/t14-,17+,18-,19+,20?,24+/m1/s1. The van der Waals surface area contributed by atoms with Gasteiger partial charge in [-0.25, -0.2) is 4.68 Å². The summed E-state index contributed by atoms with van der Waals surface area (Å²) in [7, 11) is 0. The molecule has 0 aliphatic carbocycles. The van der Waals surface area contributed by atoms with Gasteiger partial charge in [-0.3, -0.25) is 14.4 Å². The Kier molecular flexibility index (Phi) is 5.01. The van der Waals surface area contributed by atoms with Crippen LogP contribution in [0.4, 0.5) is 0 Å². The molecule has 11 nitrogen and oxygen atoms in total. The minimum atomic E-state index is -1.35. The minimum Gasteiger partial charge on any atom is -0.461 e. The number of carbonyl (C=O) groups excluding carboxylic acids is 3. The highest BCUT2D eigenvalue weighted by atomic mass is 16.6. The average Bonchev–Trinajstić information content (AvgIpc) is 3.41. The zero-order valence-corrected chi connectivity index (χ0v) is 19.1. The first-order valence-corrected chi connectivity index (χ1v) is 11.6. The molecule has 2 saturated heterocycles. The third-order valence-electron chi connectivity index (χ3n) is 7.40. The maximum absolute atomic E-state index is 14.1. The number of benzene rings is 1. The quantitative estimate of drug-likeness (QED) is 0.474. The van der Waals surface area contributed by atoms with Gasteiger partial charge in [-0.15, -0.1) is 5.10 Å². The molecule has 1 N–H and O–H groups in total. The van der Waals surface area contributed by atoms with Gasteiger partial charge in [0, 0.05) is 6.54 Å². The summed E-state index contributed by atoms with van der Waals surface area (Å²) in [4.78, 5) is 43.7. The molecule has 1 unspecified atom stereocenters. The highest BCUT2D eigenvalue weighted by Gasteiger charge is 2.72. The Balaban J connectivity index is 1.42. The van der Waals surface area contributed by atoms with E-state index in [0.717, 1.165) is 5.52 Å². The van der Waals surface area contributed by atoms with Gasteiger partial charge in [0.2, 0.25) is 5.91 Å². The largest absolute Gasteiger partial charge is 0.461 e. The average molecular weight is 479 g/mol. The van der Waals surface area contributed by atoms with E-state index in [1.54, 1.807) is 40.8 Å². The van der Waals surface area contributed by atoms with Crippen molar-refractivity contribution in [1.82, 2.24) is 24.8 Å². The van der Waals surface area contributed by atoms with Crippen LogP contribution in [0, 0.1) is 11.8 Å². The number of aromatic nitrogens is 3. The fourth-order valence-corrected chi connectivity index (χ4v) is 5.83. The maximum atomic E-state index is 14.1. The first kappa shape index (κ1) is 21.9. The Morgan fingerprint density at radius 3 is 2.86 bits per heavy atom. The van der Waals surface area contributed by atoms with Crippen molar-refractivity contribution in [3.8, 4) is 0 Å². The van der Waals surface area contributed by atoms with E-state index in [4.69, 9.17) is 9.47 Å². The van der Waals surface area contributed by atoms with Crippen LogP contribution in [0.15, 0.2) is 48.6 Å². The van der Waals surface area contributed by atoms with E-state index in [9.17, 15) is 19.5 Å². The van der Waals surface area contributed by atoms with Crippen LogP contribution >= 0.6 is 0 Å². The zero-order chi connectivity index (χ0) is 24.3. The number of amides is 2. The van der Waals surface area contributed by atoms with Gasteiger partial charge in [0.05, 0.1) is 30.2 Å². The molecular formula is C24H25N5O6. The number of cyclic esters (lactones) is 1. The first-order valence-electron chi connectivity index (χ1n) is 11.6. The smallest absolute Gasteiger partial charge is 0.313 e. The number of hydrogen-bond acceptors (Lipinski definition) is 8. The number of ether oxygens (including phenoxy) is 2. The highest BCUT2D eigenvalue weighted by Crippen LogP contribution is 2.53. The molecule has 5 heterocycles. The van der Waals surface area contributed by atoms with E-state index in [-0.39, 0.29) is 32.3 Å². The van der Waals surface area contributed by atoms with Crippen molar-refractivity contribution in [2.24, 2.45) is 11.8 Å². The molecule has 0 radical (unpaired) electrons. The molecular weight excluding hydrogens is 454 g/mol. The summed E-state index contributed by atoms with van der Waals surface area (Å²) in [6, 6.07) is 5.74. The Bertz CT molecular complexity index is 1270. The van der Waals surface area contributed by atoms with E-state index in [0.29, 0.717) is 5.52 Å². The number of carbonyl (C=O) groups is 3. The van der Waals surface area contributed by atoms with E-state index >= 15 is 0 Å². The van der Waals surface area contributed by atoms with Gasteiger partial charge < -0.3 is 24.4 Å². The number of fused-ring (bicyclic) bond motifs is 3. The lowest BCUT2D eigenvalue weighted by Crippen LogP contribution is -2.57. The van der Waals surface area contributed by atoms with E-state index in [2.05, 4.69) is 10.3 Å². The third kappa shape index (κ3) is 3.08. The monoisotopic (exact) mass is 479 g/mol. The molecule has 2 fully saturated rings. The number of para-hydroxylation sites is 1. The number of aliphatic hydroxyl groups excluding tert-OH is 1. The van der Waals surface area contributed by atoms with Gasteiger partial charge in [-0.1, -0.05) is 35.6 Å². The van der Waals surface area contributed by atoms with Crippen molar-refractivity contribution in [2.75, 3.05) is 19.8 Å². The molecule has 1 aromatic heterocycles. The normalized spacial score (nSPS) is 32.8. The number of nitrogens with zero attached hydrogens (tertiary/aromatic N) is 5. The molecule has 0 bridgehead atoms. The summed E-state index contributed by atoms with van der Waals surface area (Å²) >= 11 is 0. The van der Waals surface area contributed by atoms with Gasteiger partial charge in [-0.2, -0.15) is 0 Å². The van der Waals surface area contributed by atoms with Crippen LogP contribution in [-0.2, 0) is 30.5 Å². The second kappa shape index (κ2) is 7.99. The first-order chi connectivity index (χ1) is 17.0. The van der Waals surface area contributed by atoms with Crippen LogP contribution in [0.3, 0.4) is 0 Å².